The van der Waals surface area contributed by atoms with Gasteiger partial charge in [-0.3, -0.25) is 4.79 Å². The van der Waals surface area contributed by atoms with Crippen LogP contribution >= 0.6 is 0 Å². The van der Waals surface area contributed by atoms with Gasteiger partial charge in [0.05, 0.1) is 26.0 Å². The number of carbonyl (C=O) groups is 1. The molecule has 1 aliphatic carbocycles. The van der Waals surface area contributed by atoms with E-state index in [0.29, 0.717) is 12.5 Å². The monoisotopic (exact) mass is 443 g/mol. The van der Waals surface area contributed by atoms with Crippen molar-refractivity contribution in [3.05, 3.63) is 36.3 Å². The minimum absolute atomic E-state index is 0.00326. The molecular weight excluding hydrogens is 413 g/mol. The number of morpholine rings is 1. The lowest BCUT2D eigenvalue weighted by atomic mass is 9.86. The Balaban J connectivity index is 1.30. The zero-order valence-corrected chi connectivity index (χ0v) is 18.3. The Hall–Kier alpha value is -2.94. The van der Waals surface area contributed by atoms with Crippen molar-refractivity contribution < 1.29 is 18.7 Å². The SMILES string of the molecule is CC(=O)NC1CCC(COc2nc(Nc3ccc(N4CCOCC4)cc3)ncc2F)CC1. The largest absolute Gasteiger partial charge is 0.475 e. The highest BCUT2D eigenvalue weighted by Crippen LogP contribution is 2.26. The van der Waals surface area contributed by atoms with Crippen LogP contribution in [0.3, 0.4) is 0 Å². The molecule has 1 aromatic carbocycles. The summed E-state index contributed by atoms with van der Waals surface area (Å²) in [4.78, 5) is 21.7. The van der Waals surface area contributed by atoms with Crippen molar-refractivity contribution in [2.75, 3.05) is 43.1 Å². The maximum absolute atomic E-state index is 14.2. The first-order valence-electron chi connectivity index (χ1n) is 11.2. The molecule has 2 heterocycles. The number of benzene rings is 1. The van der Waals surface area contributed by atoms with Crippen molar-refractivity contribution in [1.29, 1.82) is 0 Å². The molecule has 0 unspecified atom stereocenters. The maximum atomic E-state index is 14.2. The van der Waals surface area contributed by atoms with Gasteiger partial charge in [-0.1, -0.05) is 0 Å². The van der Waals surface area contributed by atoms with E-state index < -0.39 is 5.82 Å². The van der Waals surface area contributed by atoms with E-state index in [1.54, 1.807) is 0 Å². The molecule has 2 aromatic rings. The normalized spacial score (nSPS) is 21.1. The van der Waals surface area contributed by atoms with Gasteiger partial charge in [0.2, 0.25) is 17.7 Å². The zero-order valence-electron chi connectivity index (χ0n) is 18.3. The molecule has 2 fully saturated rings. The summed E-state index contributed by atoms with van der Waals surface area (Å²) in [6.07, 6.45) is 4.80. The number of carbonyl (C=O) groups excluding carboxylic acids is 1. The Morgan fingerprint density at radius 3 is 2.59 bits per heavy atom. The van der Waals surface area contributed by atoms with E-state index in [1.807, 2.05) is 24.3 Å². The molecule has 0 spiro atoms. The summed E-state index contributed by atoms with van der Waals surface area (Å²) >= 11 is 0. The van der Waals surface area contributed by atoms with E-state index in [9.17, 15) is 9.18 Å². The third-order valence-electron chi connectivity index (χ3n) is 5.92. The minimum Gasteiger partial charge on any atom is -0.475 e. The van der Waals surface area contributed by atoms with Crippen LogP contribution in [-0.4, -0.2) is 54.8 Å². The summed E-state index contributed by atoms with van der Waals surface area (Å²) < 4.78 is 25.3. The lowest BCUT2D eigenvalue weighted by Gasteiger charge is -2.29. The number of hydrogen-bond acceptors (Lipinski definition) is 7. The van der Waals surface area contributed by atoms with Crippen LogP contribution in [0.4, 0.5) is 21.7 Å². The van der Waals surface area contributed by atoms with Crippen molar-refractivity contribution >= 4 is 23.2 Å². The molecule has 0 bridgehead atoms. The Labute approximate surface area is 187 Å². The second-order valence-corrected chi connectivity index (χ2v) is 8.35. The number of rotatable bonds is 7. The van der Waals surface area contributed by atoms with Gasteiger partial charge in [0, 0.05) is 37.4 Å². The summed E-state index contributed by atoms with van der Waals surface area (Å²) in [5.74, 6) is -0.0153. The predicted octanol–water partition coefficient (Wildman–Crippen LogP) is 3.27. The van der Waals surface area contributed by atoms with Gasteiger partial charge >= 0.3 is 0 Å². The quantitative estimate of drug-likeness (QED) is 0.679. The molecule has 0 radical (unpaired) electrons. The number of aromatic nitrogens is 2. The molecule has 1 amide bonds. The number of anilines is 3. The van der Waals surface area contributed by atoms with E-state index in [0.717, 1.165) is 69.6 Å². The summed E-state index contributed by atoms with van der Waals surface area (Å²) in [6.45, 7) is 5.17. The summed E-state index contributed by atoms with van der Waals surface area (Å²) in [7, 11) is 0. The Morgan fingerprint density at radius 2 is 1.91 bits per heavy atom. The highest BCUT2D eigenvalue weighted by molar-refractivity contribution is 5.73. The summed E-state index contributed by atoms with van der Waals surface area (Å²) in [6, 6.07) is 8.19. The maximum Gasteiger partial charge on any atom is 0.255 e. The fraction of sp³-hybridized carbons (Fsp3) is 0.522. The molecule has 1 saturated carbocycles. The average Bonchev–Trinajstić information content (AvgIpc) is 2.81. The van der Waals surface area contributed by atoms with Crippen molar-refractivity contribution in [2.24, 2.45) is 5.92 Å². The highest BCUT2D eigenvalue weighted by Gasteiger charge is 2.23. The Kier molecular flexibility index (Phi) is 7.36. The second kappa shape index (κ2) is 10.6. The van der Waals surface area contributed by atoms with E-state index in [-0.39, 0.29) is 23.8 Å². The van der Waals surface area contributed by atoms with Crippen LogP contribution in [0, 0.1) is 11.7 Å². The molecule has 9 heteroatoms. The number of hydrogen-bond donors (Lipinski definition) is 2. The van der Waals surface area contributed by atoms with E-state index in [4.69, 9.17) is 9.47 Å². The standard InChI is InChI=1S/C23H30FN5O3/c1-16(30)26-18-4-2-17(3-5-18)15-32-22-21(24)14-25-23(28-22)27-19-6-8-20(9-7-19)29-10-12-31-13-11-29/h6-9,14,17-18H,2-5,10-13,15H2,1H3,(H,26,30)(H,25,27,28). The number of nitrogens with zero attached hydrogens (tertiary/aromatic N) is 3. The van der Waals surface area contributed by atoms with Crippen LogP contribution in [-0.2, 0) is 9.53 Å². The lowest BCUT2D eigenvalue weighted by molar-refractivity contribution is -0.119. The van der Waals surface area contributed by atoms with Gasteiger partial charge in [-0.25, -0.2) is 4.98 Å². The number of amides is 1. The molecular formula is C23H30FN5O3. The Bertz CT molecular complexity index is 897. The van der Waals surface area contributed by atoms with Crippen LogP contribution in [0.15, 0.2) is 30.5 Å². The molecule has 2 aliphatic rings. The molecule has 1 saturated heterocycles. The van der Waals surface area contributed by atoms with Gasteiger partial charge in [0.25, 0.3) is 5.88 Å². The fourth-order valence-corrected chi connectivity index (χ4v) is 4.18. The predicted molar refractivity (Wildman–Crippen MR) is 120 cm³/mol. The van der Waals surface area contributed by atoms with Crippen LogP contribution in [0.25, 0.3) is 0 Å². The average molecular weight is 444 g/mol. The summed E-state index contributed by atoms with van der Waals surface area (Å²) in [5, 5.41) is 6.07. The highest BCUT2D eigenvalue weighted by atomic mass is 19.1. The van der Waals surface area contributed by atoms with E-state index in [2.05, 4.69) is 25.5 Å². The van der Waals surface area contributed by atoms with Crippen molar-refractivity contribution in [3.8, 4) is 5.88 Å². The molecule has 8 nitrogen and oxygen atoms in total. The van der Waals surface area contributed by atoms with Crippen LogP contribution in [0.5, 0.6) is 5.88 Å². The number of nitrogens with one attached hydrogen (secondary N) is 2. The molecule has 0 atom stereocenters. The Morgan fingerprint density at radius 1 is 1.19 bits per heavy atom. The molecule has 1 aliphatic heterocycles. The minimum atomic E-state index is -0.579. The van der Waals surface area contributed by atoms with Gasteiger partial charge < -0.3 is 25.0 Å². The summed E-state index contributed by atoms with van der Waals surface area (Å²) in [5.41, 5.74) is 1.95. The van der Waals surface area contributed by atoms with Gasteiger partial charge in [-0.05, 0) is 55.9 Å². The lowest BCUT2D eigenvalue weighted by Crippen LogP contribution is -2.37. The molecule has 2 N–H and O–H groups in total. The van der Waals surface area contributed by atoms with Crippen LogP contribution < -0.4 is 20.3 Å². The second-order valence-electron chi connectivity index (χ2n) is 8.35. The van der Waals surface area contributed by atoms with Crippen molar-refractivity contribution in [1.82, 2.24) is 15.3 Å². The third-order valence-corrected chi connectivity index (χ3v) is 5.92. The molecule has 1 aromatic heterocycles. The zero-order chi connectivity index (χ0) is 22.3. The first kappa shape index (κ1) is 22.3. The van der Waals surface area contributed by atoms with Crippen LogP contribution in [0.2, 0.25) is 0 Å². The topological polar surface area (TPSA) is 88.6 Å². The number of ether oxygens (including phenoxy) is 2. The first-order chi connectivity index (χ1) is 15.6. The smallest absolute Gasteiger partial charge is 0.255 e. The van der Waals surface area contributed by atoms with Gasteiger partial charge in [-0.15, -0.1) is 0 Å². The third kappa shape index (κ3) is 6.06. The van der Waals surface area contributed by atoms with E-state index >= 15 is 0 Å². The van der Waals surface area contributed by atoms with Crippen molar-refractivity contribution in [3.63, 3.8) is 0 Å². The first-order valence-corrected chi connectivity index (χ1v) is 11.2. The van der Waals surface area contributed by atoms with Gasteiger partial charge in [0.15, 0.2) is 0 Å². The molecule has 4 rings (SSSR count). The fourth-order valence-electron chi connectivity index (χ4n) is 4.18. The van der Waals surface area contributed by atoms with Crippen LogP contribution in [0.1, 0.15) is 32.6 Å². The van der Waals surface area contributed by atoms with Gasteiger partial charge in [-0.2, -0.15) is 9.37 Å². The van der Waals surface area contributed by atoms with Crippen molar-refractivity contribution in [2.45, 2.75) is 38.6 Å². The van der Waals surface area contributed by atoms with Gasteiger partial charge in [0.1, 0.15) is 0 Å². The number of halogens is 1. The molecule has 32 heavy (non-hydrogen) atoms. The molecule has 172 valence electrons. The van der Waals surface area contributed by atoms with E-state index in [1.165, 1.54) is 6.92 Å².